The fourth-order valence-corrected chi connectivity index (χ4v) is 3.83. The zero-order valence-electron chi connectivity index (χ0n) is 16.9. The van der Waals surface area contributed by atoms with E-state index in [0.29, 0.717) is 25.0 Å². The van der Waals surface area contributed by atoms with Gasteiger partial charge in [0.05, 0.1) is 26.1 Å². The van der Waals surface area contributed by atoms with Crippen LogP contribution in [0.25, 0.3) is 0 Å². The summed E-state index contributed by atoms with van der Waals surface area (Å²) >= 11 is 0. The third kappa shape index (κ3) is 9.27. The van der Waals surface area contributed by atoms with Crippen LogP contribution in [0.4, 0.5) is 0 Å². The van der Waals surface area contributed by atoms with Crippen LogP contribution in [0.3, 0.4) is 0 Å². The zero-order valence-corrected chi connectivity index (χ0v) is 16.9. The monoisotopic (exact) mass is 354 g/mol. The van der Waals surface area contributed by atoms with E-state index in [2.05, 4.69) is 20.8 Å². The number of carbonyl (C=O) groups excluding carboxylic acids is 2. The number of carbonyl (C=O) groups is 2. The highest BCUT2D eigenvalue weighted by atomic mass is 16.5. The third-order valence-corrected chi connectivity index (χ3v) is 5.17. The summed E-state index contributed by atoms with van der Waals surface area (Å²) in [5.74, 6) is 2.37. The minimum Gasteiger partial charge on any atom is -0.465 e. The molecule has 4 nitrogen and oxygen atoms in total. The molecule has 0 bridgehead atoms. The first kappa shape index (κ1) is 22.0. The summed E-state index contributed by atoms with van der Waals surface area (Å²) in [7, 11) is 0. The van der Waals surface area contributed by atoms with Gasteiger partial charge < -0.3 is 9.47 Å². The molecule has 0 N–H and O–H groups in total. The molecule has 1 aliphatic carbocycles. The Morgan fingerprint density at radius 3 is 2.00 bits per heavy atom. The first-order valence-electron chi connectivity index (χ1n) is 10.1. The smallest absolute Gasteiger partial charge is 0.306 e. The Morgan fingerprint density at radius 1 is 0.880 bits per heavy atom. The highest BCUT2D eigenvalue weighted by Crippen LogP contribution is 2.38. The Labute approximate surface area is 154 Å². The maximum absolute atomic E-state index is 11.8. The molecular formula is C21H38O4. The molecule has 3 atom stereocenters. The van der Waals surface area contributed by atoms with Gasteiger partial charge in [0.2, 0.25) is 0 Å². The standard InChI is InChI=1S/C21H38O4/c1-15(2)13-24-20(22)10-11-21(23)25-14-17(5)12-18-8-6-7-9-19(18)16(3)4/h15-19H,6-14H2,1-5H3. The van der Waals surface area contributed by atoms with Crippen molar-refractivity contribution >= 4 is 11.9 Å². The van der Waals surface area contributed by atoms with Crippen molar-refractivity contribution in [3.63, 3.8) is 0 Å². The topological polar surface area (TPSA) is 52.6 Å². The molecule has 0 radical (unpaired) electrons. The first-order valence-corrected chi connectivity index (χ1v) is 10.1. The van der Waals surface area contributed by atoms with E-state index in [4.69, 9.17) is 9.47 Å². The van der Waals surface area contributed by atoms with E-state index in [1.807, 2.05) is 13.8 Å². The SMILES string of the molecule is CC(C)COC(=O)CCC(=O)OCC(C)CC1CCCCC1C(C)C. The molecule has 3 unspecified atom stereocenters. The largest absolute Gasteiger partial charge is 0.465 e. The molecule has 1 fully saturated rings. The molecule has 0 spiro atoms. The van der Waals surface area contributed by atoms with E-state index in [1.165, 1.54) is 25.7 Å². The van der Waals surface area contributed by atoms with E-state index in [9.17, 15) is 9.59 Å². The molecule has 146 valence electrons. The number of esters is 2. The molecule has 25 heavy (non-hydrogen) atoms. The quantitative estimate of drug-likeness (QED) is 0.518. The average Bonchev–Trinajstić information content (AvgIpc) is 2.56. The maximum Gasteiger partial charge on any atom is 0.306 e. The zero-order chi connectivity index (χ0) is 18.8. The van der Waals surface area contributed by atoms with Crippen LogP contribution >= 0.6 is 0 Å². The molecule has 0 aromatic rings. The molecule has 4 heteroatoms. The maximum atomic E-state index is 11.8. The normalized spacial score (nSPS) is 22.0. The molecule has 0 aromatic carbocycles. The van der Waals surface area contributed by atoms with Gasteiger partial charge in [0, 0.05) is 0 Å². The van der Waals surface area contributed by atoms with Crippen molar-refractivity contribution in [2.45, 2.75) is 79.6 Å². The lowest BCUT2D eigenvalue weighted by Crippen LogP contribution is -2.27. The summed E-state index contributed by atoms with van der Waals surface area (Å²) in [5, 5.41) is 0. The molecular weight excluding hydrogens is 316 g/mol. The molecule has 0 amide bonds. The van der Waals surface area contributed by atoms with Crippen LogP contribution in [-0.4, -0.2) is 25.2 Å². The number of hydrogen-bond acceptors (Lipinski definition) is 4. The summed E-state index contributed by atoms with van der Waals surface area (Å²) < 4.78 is 10.4. The van der Waals surface area contributed by atoms with Crippen LogP contribution in [0.15, 0.2) is 0 Å². The number of ether oxygens (including phenoxy) is 2. The molecule has 0 aliphatic heterocycles. The molecule has 1 rings (SSSR count). The highest BCUT2D eigenvalue weighted by molar-refractivity contribution is 5.77. The summed E-state index contributed by atoms with van der Waals surface area (Å²) in [5.41, 5.74) is 0. The van der Waals surface area contributed by atoms with Crippen LogP contribution in [-0.2, 0) is 19.1 Å². The second kappa shape index (κ2) is 11.5. The second-order valence-electron chi connectivity index (χ2n) is 8.55. The van der Waals surface area contributed by atoms with E-state index in [1.54, 1.807) is 0 Å². The van der Waals surface area contributed by atoms with Crippen LogP contribution < -0.4 is 0 Å². The minimum atomic E-state index is -0.319. The summed E-state index contributed by atoms with van der Waals surface area (Å²) in [6, 6.07) is 0. The van der Waals surface area contributed by atoms with Gasteiger partial charge in [0.25, 0.3) is 0 Å². The molecule has 1 saturated carbocycles. The summed E-state index contributed by atoms with van der Waals surface area (Å²) in [6.07, 6.45) is 6.69. The van der Waals surface area contributed by atoms with Gasteiger partial charge in [0.15, 0.2) is 0 Å². The van der Waals surface area contributed by atoms with Crippen LogP contribution in [0.1, 0.15) is 79.6 Å². The number of hydrogen-bond donors (Lipinski definition) is 0. The van der Waals surface area contributed by atoms with Crippen molar-refractivity contribution in [3.05, 3.63) is 0 Å². The predicted octanol–water partition coefficient (Wildman–Crippen LogP) is 5.00. The van der Waals surface area contributed by atoms with Crippen molar-refractivity contribution in [1.82, 2.24) is 0 Å². The Morgan fingerprint density at radius 2 is 1.44 bits per heavy atom. The van der Waals surface area contributed by atoms with Gasteiger partial charge in [-0.15, -0.1) is 0 Å². The lowest BCUT2D eigenvalue weighted by Gasteiger charge is -2.35. The molecule has 0 aromatic heterocycles. The minimum absolute atomic E-state index is 0.109. The molecule has 0 saturated heterocycles. The van der Waals surface area contributed by atoms with Gasteiger partial charge in [-0.1, -0.05) is 53.9 Å². The lowest BCUT2D eigenvalue weighted by atomic mass is 9.70. The first-order chi connectivity index (χ1) is 11.8. The Bertz CT molecular complexity index is 403. The van der Waals surface area contributed by atoms with Gasteiger partial charge >= 0.3 is 11.9 Å². The fourth-order valence-electron chi connectivity index (χ4n) is 3.83. The van der Waals surface area contributed by atoms with Crippen molar-refractivity contribution in [3.8, 4) is 0 Å². The molecule has 0 heterocycles. The lowest BCUT2D eigenvalue weighted by molar-refractivity contribution is -0.151. The van der Waals surface area contributed by atoms with Crippen LogP contribution in [0.5, 0.6) is 0 Å². The van der Waals surface area contributed by atoms with Crippen molar-refractivity contribution in [1.29, 1.82) is 0 Å². The Hall–Kier alpha value is -1.06. The van der Waals surface area contributed by atoms with Crippen molar-refractivity contribution in [2.24, 2.45) is 29.6 Å². The summed E-state index contributed by atoms with van der Waals surface area (Å²) in [6.45, 7) is 11.6. The van der Waals surface area contributed by atoms with Gasteiger partial charge in [-0.05, 0) is 42.4 Å². The molecule has 1 aliphatic rings. The third-order valence-electron chi connectivity index (χ3n) is 5.17. The average molecular weight is 355 g/mol. The van der Waals surface area contributed by atoms with Crippen molar-refractivity contribution < 1.29 is 19.1 Å². The van der Waals surface area contributed by atoms with Crippen LogP contribution in [0, 0.1) is 29.6 Å². The second-order valence-corrected chi connectivity index (χ2v) is 8.55. The van der Waals surface area contributed by atoms with Crippen LogP contribution in [0.2, 0.25) is 0 Å². The Kier molecular flexibility index (Phi) is 10.1. The van der Waals surface area contributed by atoms with Gasteiger partial charge in [0.1, 0.15) is 0 Å². The van der Waals surface area contributed by atoms with Gasteiger partial charge in [-0.2, -0.15) is 0 Å². The van der Waals surface area contributed by atoms with E-state index >= 15 is 0 Å². The van der Waals surface area contributed by atoms with Gasteiger partial charge in [-0.3, -0.25) is 9.59 Å². The highest BCUT2D eigenvalue weighted by Gasteiger charge is 2.28. The fraction of sp³-hybridized carbons (Fsp3) is 0.905. The van der Waals surface area contributed by atoms with Gasteiger partial charge in [-0.25, -0.2) is 0 Å². The van der Waals surface area contributed by atoms with E-state index in [-0.39, 0.29) is 24.8 Å². The predicted molar refractivity (Wildman–Crippen MR) is 100 cm³/mol. The summed E-state index contributed by atoms with van der Waals surface area (Å²) in [4.78, 5) is 23.3. The number of rotatable bonds is 10. The van der Waals surface area contributed by atoms with Crippen molar-refractivity contribution in [2.75, 3.05) is 13.2 Å². The van der Waals surface area contributed by atoms with E-state index in [0.717, 1.165) is 24.2 Å². The van der Waals surface area contributed by atoms with E-state index < -0.39 is 0 Å². The Balaban J connectivity index is 2.23.